The van der Waals surface area contributed by atoms with E-state index in [1.807, 2.05) is 0 Å². The number of hydrogen-bond donors (Lipinski definition) is 1. The van der Waals surface area contributed by atoms with Crippen LogP contribution in [0.25, 0.3) is 0 Å². The lowest BCUT2D eigenvalue weighted by atomic mass is 9.74. The Balaban J connectivity index is 3.39. The predicted octanol–water partition coefficient (Wildman–Crippen LogP) is 5.86. The highest BCUT2D eigenvalue weighted by Crippen LogP contribution is 2.35. The van der Waals surface area contributed by atoms with Crippen LogP contribution in [0.5, 0.6) is 0 Å². The lowest BCUT2D eigenvalue weighted by Crippen LogP contribution is -2.21. The van der Waals surface area contributed by atoms with Crippen molar-refractivity contribution < 1.29 is 5.11 Å². The van der Waals surface area contributed by atoms with Gasteiger partial charge in [-0.2, -0.15) is 0 Å². The molecule has 0 aromatic heterocycles. The molecule has 0 rings (SSSR count). The molecule has 0 aliphatic carbocycles. The molecule has 116 valence electrons. The third-order valence-corrected chi connectivity index (χ3v) is 5.26. The van der Waals surface area contributed by atoms with Crippen molar-refractivity contribution in [2.75, 3.05) is 11.7 Å². The molecule has 0 aromatic rings. The third kappa shape index (κ3) is 10.7. The van der Waals surface area contributed by atoms with Crippen LogP contribution < -0.4 is 0 Å². The van der Waals surface area contributed by atoms with E-state index < -0.39 is 0 Å². The zero-order valence-electron chi connectivity index (χ0n) is 13.7. The van der Waals surface area contributed by atoms with Gasteiger partial charge in [0.15, 0.2) is 0 Å². The van der Waals surface area contributed by atoms with E-state index in [1.165, 1.54) is 57.8 Å². The molecule has 19 heavy (non-hydrogen) atoms. The zero-order chi connectivity index (χ0) is 14.6. The number of aliphatic hydroxyl groups excluding tert-OH is 1. The first-order valence-electron chi connectivity index (χ1n) is 8.23. The molecular weight excluding hydrogens is 252 g/mol. The second-order valence-electron chi connectivity index (χ2n) is 6.59. The van der Waals surface area contributed by atoms with Crippen LogP contribution in [0.2, 0.25) is 0 Å². The minimum atomic E-state index is 0.283. The maximum atomic E-state index is 8.66. The molecule has 1 N–H and O–H groups in total. The van der Waals surface area contributed by atoms with Crippen molar-refractivity contribution in [2.24, 2.45) is 11.3 Å². The molecule has 2 heteroatoms. The first-order chi connectivity index (χ1) is 9.04. The Hall–Kier alpha value is 0.310. The van der Waals surface area contributed by atoms with Crippen LogP contribution in [-0.2, 0) is 0 Å². The van der Waals surface area contributed by atoms with Gasteiger partial charge in [0.2, 0.25) is 0 Å². The standard InChI is InChI=1S/C17H36OS/c1-5-13-17(3,4)16(2)12-10-8-6-7-9-11-14-19-15-18/h16,18H,5-15H2,1-4H3. The van der Waals surface area contributed by atoms with Gasteiger partial charge in [-0.15, -0.1) is 11.8 Å². The minimum absolute atomic E-state index is 0.283. The van der Waals surface area contributed by atoms with Gasteiger partial charge in [0.05, 0.1) is 5.94 Å². The Bertz CT molecular complexity index is 192. The lowest BCUT2D eigenvalue weighted by Gasteiger charge is -2.31. The molecule has 0 bridgehead atoms. The minimum Gasteiger partial charge on any atom is -0.386 e. The van der Waals surface area contributed by atoms with Gasteiger partial charge in [-0.1, -0.05) is 72.6 Å². The van der Waals surface area contributed by atoms with Gasteiger partial charge in [0.1, 0.15) is 0 Å². The second kappa shape index (κ2) is 12.1. The summed E-state index contributed by atoms with van der Waals surface area (Å²) in [6, 6.07) is 0. The highest BCUT2D eigenvalue weighted by molar-refractivity contribution is 7.99. The normalized spacial score (nSPS) is 13.7. The Morgan fingerprint density at radius 1 is 1.00 bits per heavy atom. The van der Waals surface area contributed by atoms with Gasteiger partial charge in [-0.25, -0.2) is 0 Å². The Kier molecular flexibility index (Phi) is 12.3. The van der Waals surface area contributed by atoms with Crippen LogP contribution >= 0.6 is 11.8 Å². The van der Waals surface area contributed by atoms with Crippen molar-refractivity contribution in [1.82, 2.24) is 0 Å². The maximum Gasteiger partial charge on any atom is 0.0885 e. The molecule has 0 spiro atoms. The highest BCUT2D eigenvalue weighted by Gasteiger charge is 2.23. The van der Waals surface area contributed by atoms with Gasteiger partial charge in [-0.05, 0) is 29.9 Å². The summed E-state index contributed by atoms with van der Waals surface area (Å²) in [5, 5.41) is 8.66. The van der Waals surface area contributed by atoms with E-state index in [0.29, 0.717) is 5.41 Å². The number of unbranched alkanes of at least 4 members (excludes halogenated alkanes) is 5. The van der Waals surface area contributed by atoms with Crippen molar-refractivity contribution in [3.05, 3.63) is 0 Å². The lowest BCUT2D eigenvalue weighted by molar-refractivity contribution is 0.194. The molecule has 0 fully saturated rings. The topological polar surface area (TPSA) is 20.2 Å². The second-order valence-corrected chi connectivity index (χ2v) is 7.66. The monoisotopic (exact) mass is 288 g/mol. The summed E-state index contributed by atoms with van der Waals surface area (Å²) in [7, 11) is 0. The average Bonchev–Trinajstić information content (AvgIpc) is 2.36. The number of hydrogen-bond acceptors (Lipinski definition) is 2. The summed E-state index contributed by atoms with van der Waals surface area (Å²) in [6.07, 6.45) is 12.2. The van der Waals surface area contributed by atoms with E-state index in [2.05, 4.69) is 27.7 Å². The third-order valence-electron chi connectivity index (χ3n) is 4.50. The van der Waals surface area contributed by atoms with Crippen molar-refractivity contribution in [1.29, 1.82) is 0 Å². The summed E-state index contributed by atoms with van der Waals surface area (Å²) >= 11 is 1.64. The van der Waals surface area contributed by atoms with Crippen molar-refractivity contribution in [3.8, 4) is 0 Å². The summed E-state index contributed by atoms with van der Waals surface area (Å²) in [6.45, 7) is 9.59. The summed E-state index contributed by atoms with van der Waals surface area (Å²) < 4.78 is 0. The van der Waals surface area contributed by atoms with E-state index in [9.17, 15) is 0 Å². The molecule has 0 heterocycles. The fourth-order valence-electron chi connectivity index (χ4n) is 2.71. The van der Waals surface area contributed by atoms with Gasteiger partial charge in [0.25, 0.3) is 0 Å². The van der Waals surface area contributed by atoms with Gasteiger partial charge in [-0.3, -0.25) is 0 Å². The molecule has 0 saturated heterocycles. The summed E-state index contributed by atoms with van der Waals surface area (Å²) in [4.78, 5) is 0. The first kappa shape index (κ1) is 19.3. The molecule has 1 atom stereocenters. The quantitative estimate of drug-likeness (QED) is 0.338. The number of aliphatic hydroxyl groups is 1. The van der Waals surface area contributed by atoms with Crippen LogP contribution in [0, 0.1) is 11.3 Å². The molecule has 0 aromatic carbocycles. The SMILES string of the molecule is CCCC(C)(C)C(C)CCCCCCCCSCO. The summed E-state index contributed by atoms with van der Waals surface area (Å²) in [5.41, 5.74) is 0.524. The van der Waals surface area contributed by atoms with E-state index in [0.717, 1.165) is 11.7 Å². The fraction of sp³-hybridized carbons (Fsp3) is 1.00. The molecule has 0 radical (unpaired) electrons. The van der Waals surface area contributed by atoms with E-state index in [4.69, 9.17) is 5.11 Å². The molecule has 0 amide bonds. The summed E-state index contributed by atoms with van der Waals surface area (Å²) in [5.74, 6) is 2.26. The number of thioether (sulfide) groups is 1. The molecule has 0 saturated carbocycles. The van der Waals surface area contributed by atoms with Gasteiger partial charge >= 0.3 is 0 Å². The number of rotatable bonds is 13. The average molecular weight is 289 g/mol. The van der Waals surface area contributed by atoms with E-state index in [-0.39, 0.29) is 5.94 Å². The van der Waals surface area contributed by atoms with Crippen LogP contribution in [0.15, 0.2) is 0 Å². The highest BCUT2D eigenvalue weighted by atomic mass is 32.2. The van der Waals surface area contributed by atoms with Crippen LogP contribution in [0.3, 0.4) is 0 Å². The van der Waals surface area contributed by atoms with Gasteiger partial charge < -0.3 is 5.11 Å². The first-order valence-corrected chi connectivity index (χ1v) is 9.38. The Labute approximate surface area is 125 Å². The van der Waals surface area contributed by atoms with E-state index >= 15 is 0 Å². The Morgan fingerprint density at radius 3 is 2.16 bits per heavy atom. The molecule has 1 nitrogen and oxygen atoms in total. The fourth-order valence-corrected chi connectivity index (χ4v) is 3.25. The zero-order valence-corrected chi connectivity index (χ0v) is 14.5. The van der Waals surface area contributed by atoms with Crippen LogP contribution in [0.4, 0.5) is 0 Å². The van der Waals surface area contributed by atoms with Gasteiger partial charge in [0, 0.05) is 0 Å². The van der Waals surface area contributed by atoms with Crippen LogP contribution in [-0.4, -0.2) is 16.8 Å². The van der Waals surface area contributed by atoms with Crippen molar-refractivity contribution >= 4 is 11.8 Å². The molecular formula is C17H36OS. The predicted molar refractivity (Wildman–Crippen MR) is 89.7 cm³/mol. The smallest absolute Gasteiger partial charge is 0.0885 e. The van der Waals surface area contributed by atoms with Crippen LogP contribution in [0.1, 0.15) is 85.5 Å². The largest absolute Gasteiger partial charge is 0.386 e. The Morgan fingerprint density at radius 2 is 1.58 bits per heavy atom. The molecule has 1 unspecified atom stereocenters. The van der Waals surface area contributed by atoms with E-state index in [1.54, 1.807) is 11.8 Å². The van der Waals surface area contributed by atoms with Crippen molar-refractivity contribution in [2.45, 2.75) is 85.5 Å². The molecule has 0 aliphatic rings. The maximum absolute atomic E-state index is 8.66. The molecule has 0 aliphatic heterocycles. The van der Waals surface area contributed by atoms with Crippen molar-refractivity contribution in [3.63, 3.8) is 0 Å².